The predicted molar refractivity (Wildman–Crippen MR) is 64.3 cm³/mol. The topological polar surface area (TPSA) is 38.0 Å². The summed E-state index contributed by atoms with van der Waals surface area (Å²) in [7, 11) is 0. The smallest absolute Gasteiger partial charge is 0.177 e. The van der Waals surface area contributed by atoms with Gasteiger partial charge in [0.1, 0.15) is 0 Å². The zero-order valence-corrected chi connectivity index (χ0v) is 10.3. The molecule has 2 aromatic rings. The molecule has 1 heterocycles. The zero-order valence-electron chi connectivity index (χ0n) is 8.83. The Morgan fingerprint density at radius 1 is 1.25 bits per heavy atom. The van der Waals surface area contributed by atoms with Gasteiger partial charge in [0, 0.05) is 10.6 Å². The predicted octanol–water partition coefficient (Wildman–Crippen LogP) is 3.71. The fourth-order valence-corrected chi connectivity index (χ4v) is 1.94. The van der Waals surface area contributed by atoms with Crippen molar-refractivity contribution in [3.8, 4) is 11.4 Å². The van der Waals surface area contributed by atoms with Crippen LogP contribution in [0.25, 0.3) is 11.4 Å². The van der Waals surface area contributed by atoms with Gasteiger partial charge in [-0.2, -0.15) is 4.73 Å². The maximum Gasteiger partial charge on any atom is 0.177 e. The molecule has 1 aromatic heterocycles. The third kappa shape index (κ3) is 1.77. The summed E-state index contributed by atoms with van der Waals surface area (Å²) in [5.74, 6) is 0.427. The van der Waals surface area contributed by atoms with Crippen LogP contribution in [0.3, 0.4) is 0 Å². The highest BCUT2D eigenvalue weighted by molar-refractivity contribution is 6.36. The van der Waals surface area contributed by atoms with Gasteiger partial charge in [0.2, 0.25) is 0 Å². The molecule has 0 unspecified atom stereocenters. The van der Waals surface area contributed by atoms with Gasteiger partial charge in [0.25, 0.3) is 0 Å². The monoisotopic (exact) mass is 256 g/mol. The Balaban J connectivity index is 2.63. The standard InChI is InChI=1S/C11H10Cl2N2O/c1-6-7(2)15(16)11(14-6)9-4-3-8(12)5-10(9)13/h3-5,16H,1-2H3. The molecule has 1 aromatic carbocycles. The van der Waals surface area contributed by atoms with Crippen molar-refractivity contribution in [3.63, 3.8) is 0 Å². The van der Waals surface area contributed by atoms with E-state index >= 15 is 0 Å². The molecule has 0 bridgehead atoms. The van der Waals surface area contributed by atoms with Crippen molar-refractivity contribution < 1.29 is 5.21 Å². The van der Waals surface area contributed by atoms with E-state index in [4.69, 9.17) is 23.2 Å². The van der Waals surface area contributed by atoms with Gasteiger partial charge in [-0.1, -0.05) is 23.2 Å². The van der Waals surface area contributed by atoms with Crippen LogP contribution in [0.15, 0.2) is 18.2 Å². The Morgan fingerprint density at radius 2 is 1.94 bits per heavy atom. The van der Waals surface area contributed by atoms with Gasteiger partial charge in [0.05, 0.1) is 16.4 Å². The molecule has 0 atom stereocenters. The first-order valence-electron chi connectivity index (χ1n) is 4.71. The molecular weight excluding hydrogens is 247 g/mol. The van der Waals surface area contributed by atoms with Crippen LogP contribution in [-0.4, -0.2) is 14.9 Å². The summed E-state index contributed by atoms with van der Waals surface area (Å²) in [4.78, 5) is 4.26. The maximum absolute atomic E-state index is 9.83. The van der Waals surface area contributed by atoms with Gasteiger partial charge in [0.15, 0.2) is 5.82 Å². The zero-order chi connectivity index (χ0) is 11.9. The van der Waals surface area contributed by atoms with E-state index in [1.165, 1.54) is 0 Å². The van der Waals surface area contributed by atoms with Crippen molar-refractivity contribution in [2.75, 3.05) is 0 Å². The number of benzene rings is 1. The molecular formula is C11H10Cl2N2O. The molecule has 2 rings (SSSR count). The fraction of sp³-hybridized carbons (Fsp3) is 0.182. The fourth-order valence-electron chi connectivity index (χ4n) is 1.44. The van der Waals surface area contributed by atoms with Gasteiger partial charge in [-0.05, 0) is 32.0 Å². The van der Waals surface area contributed by atoms with Gasteiger partial charge in [-0.15, -0.1) is 0 Å². The molecule has 0 amide bonds. The van der Waals surface area contributed by atoms with Crippen molar-refractivity contribution in [2.24, 2.45) is 0 Å². The molecule has 0 saturated heterocycles. The molecule has 0 aliphatic heterocycles. The summed E-state index contributed by atoms with van der Waals surface area (Å²) >= 11 is 11.9. The molecule has 3 nitrogen and oxygen atoms in total. The first kappa shape index (κ1) is 11.3. The average Bonchev–Trinajstić information content (AvgIpc) is 2.46. The highest BCUT2D eigenvalue weighted by Crippen LogP contribution is 2.30. The Hall–Kier alpha value is -1.19. The quantitative estimate of drug-likeness (QED) is 0.791. The lowest BCUT2D eigenvalue weighted by atomic mass is 10.2. The third-order valence-electron chi connectivity index (χ3n) is 2.49. The van der Waals surface area contributed by atoms with Gasteiger partial charge < -0.3 is 5.21 Å². The minimum atomic E-state index is 0.427. The highest BCUT2D eigenvalue weighted by Gasteiger charge is 2.14. The minimum absolute atomic E-state index is 0.427. The number of aryl methyl sites for hydroxylation is 1. The largest absolute Gasteiger partial charge is 0.427 e. The number of nitrogens with zero attached hydrogens (tertiary/aromatic N) is 2. The van der Waals surface area contributed by atoms with Gasteiger partial charge in [-0.25, -0.2) is 4.98 Å². The van der Waals surface area contributed by atoms with Crippen LogP contribution in [0, 0.1) is 13.8 Å². The number of imidazole rings is 1. The van der Waals surface area contributed by atoms with Crippen LogP contribution in [0.2, 0.25) is 10.0 Å². The van der Waals surface area contributed by atoms with Gasteiger partial charge in [-0.3, -0.25) is 0 Å². The van der Waals surface area contributed by atoms with Crippen LogP contribution in [0.5, 0.6) is 0 Å². The second kappa shape index (κ2) is 4.00. The van der Waals surface area contributed by atoms with E-state index in [2.05, 4.69) is 4.98 Å². The summed E-state index contributed by atoms with van der Waals surface area (Å²) in [6.45, 7) is 3.62. The van der Waals surface area contributed by atoms with E-state index in [1.807, 2.05) is 6.92 Å². The highest BCUT2D eigenvalue weighted by atomic mass is 35.5. The lowest BCUT2D eigenvalue weighted by molar-refractivity contribution is 0.184. The van der Waals surface area contributed by atoms with Crippen molar-refractivity contribution in [1.82, 2.24) is 9.71 Å². The molecule has 0 aliphatic carbocycles. The Bertz CT molecular complexity index is 549. The number of halogens is 2. The van der Waals surface area contributed by atoms with Gasteiger partial charge >= 0.3 is 0 Å². The molecule has 0 aliphatic rings. The second-order valence-corrected chi connectivity index (χ2v) is 4.39. The summed E-state index contributed by atoms with van der Waals surface area (Å²) in [5, 5.41) is 10.8. The van der Waals surface area contributed by atoms with Crippen LogP contribution >= 0.6 is 23.2 Å². The van der Waals surface area contributed by atoms with E-state index in [1.54, 1.807) is 25.1 Å². The number of rotatable bonds is 1. The average molecular weight is 257 g/mol. The summed E-state index contributed by atoms with van der Waals surface area (Å²) in [5.41, 5.74) is 2.12. The van der Waals surface area contributed by atoms with Crippen LogP contribution in [0.1, 0.15) is 11.4 Å². The molecule has 0 spiro atoms. The third-order valence-corrected chi connectivity index (χ3v) is 3.04. The normalized spacial score (nSPS) is 10.8. The number of aromatic nitrogens is 2. The molecule has 0 fully saturated rings. The van der Waals surface area contributed by atoms with Crippen LogP contribution in [-0.2, 0) is 0 Å². The van der Waals surface area contributed by atoms with E-state index in [9.17, 15) is 5.21 Å². The molecule has 84 valence electrons. The molecule has 16 heavy (non-hydrogen) atoms. The first-order valence-corrected chi connectivity index (χ1v) is 5.47. The van der Waals surface area contributed by atoms with Crippen molar-refractivity contribution >= 4 is 23.2 Å². The minimum Gasteiger partial charge on any atom is -0.427 e. The lowest BCUT2D eigenvalue weighted by Crippen LogP contribution is -1.96. The van der Waals surface area contributed by atoms with Crippen molar-refractivity contribution in [2.45, 2.75) is 13.8 Å². The number of hydrogen-bond donors (Lipinski definition) is 1. The van der Waals surface area contributed by atoms with E-state index in [0.717, 1.165) is 10.4 Å². The Morgan fingerprint density at radius 3 is 2.44 bits per heavy atom. The van der Waals surface area contributed by atoms with E-state index in [-0.39, 0.29) is 0 Å². The number of hydrogen-bond acceptors (Lipinski definition) is 2. The maximum atomic E-state index is 9.83. The molecule has 5 heteroatoms. The lowest BCUT2D eigenvalue weighted by Gasteiger charge is -2.04. The van der Waals surface area contributed by atoms with E-state index in [0.29, 0.717) is 27.1 Å². The molecule has 0 saturated carbocycles. The van der Waals surface area contributed by atoms with Crippen molar-refractivity contribution in [3.05, 3.63) is 39.6 Å². The summed E-state index contributed by atoms with van der Waals surface area (Å²) < 4.78 is 1.03. The SMILES string of the molecule is Cc1nc(-c2ccc(Cl)cc2Cl)n(O)c1C. The van der Waals surface area contributed by atoms with Crippen molar-refractivity contribution in [1.29, 1.82) is 0 Å². The van der Waals surface area contributed by atoms with Crippen LogP contribution in [0.4, 0.5) is 0 Å². The summed E-state index contributed by atoms with van der Waals surface area (Å²) in [6.07, 6.45) is 0. The molecule has 0 radical (unpaired) electrons. The summed E-state index contributed by atoms with van der Waals surface area (Å²) in [6, 6.07) is 5.07. The Kier molecular flexibility index (Phi) is 2.82. The Labute approximate surface area is 103 Å². The second-order valence-electron chi connectivity index (χ2n) is 3.54. The molecule has 1 N–H and O–H groups in total. The van der Waals surface area contributed by atoms with Crippen LogP contribution < -0.4 is 0 Å². The first-order chi connectivity index (χ1) is 7.50. The van der Waals surface area contributed by atoms with E-state index < -0.39 is 0 Å².